The molecule has 2 rings (SSSR count). The van der Waals surface area contributed by atoms with E-state index in [1.165, 1.54) is 0 Å². The van der Waals surface area contributed by atoms with Gasteiger partial charge in [0.05, 0.1) is 5.71 Å². The van der Waals surface area contributed by atoms with Crippen molar-refractivity contribution in [2.75, 3.05) is 5.32 Å². The molecule has 0 bridgehead atoms. The van der Waals surface area contributed by atoms with Gasteiger partial charge in [-0.15, -0.1) is 0 Å². The van der Waals surface area contributed by atoms with E-state index in [0.29, 0.717) is 0 Å². The van der Waals surface area contributed by atoms with Gasteiger partial charge in [-0.3, -0.25) is 9.59 Å². The first-order chi connectivity index (χ1) is 12.2. The zero-order chi connectivity index (χ0) is 17.9. The molecular formula is C20H23N3O2. The summed E-state index contributed by atoms with van der Waals surface area (Å²) in [5.41, 5.74) is 5.11. The molecule has 0 heterocycles. The molecular weight excluding hydrogens is 314 g/mol. The number of nitrogens with zero attached hydrogens (tertiary/aromatic N) is 1. The molecule has 0 radical (unpaired) electrons. The number of hydrogen-bond donors (Lipinski definition) is 2. The molecule has 2 amide bonds. The molecule has 0 atom stereocenters. The number of para-hydroxylation sites is 1. The van der Waals surface area contributed by atoms with Crippen LogP contribution < -0.4 is 10.7 Å². The van der Waals surface area contributed by atoms with Crippen LogP contribution in [0.1, 0.15) is 38.2 Å². The Balaban J connectivity index is 1.83. The van der Waals surface area contributed by atoms with Gasteiger partial charge in [-0.1, -0.05) is 61.9 Å². The second-order valence-corrected chi connectivity index (χ2v) is 5.62. The molecule has 2 aromatic rings. The smallest absolute Gasteiger partial charge is 0.240 e. The molecule has 0 unspecified atom stereocenters. The fraction of sp³-hybridized carbons (Fsp3) is 0.250. The Morgan fingerprint density at radius 2 is 1.44 bits per heavy atom. The average Bonchev–Trinajstić information content (AvgIpc) is 2.65. The highest BCUT2D eigenvalue weighted by molar-refractivity contribution is 6.01. The molecule has 5 heteroatoms. The molecule has 130 valence electrons. The molecule has 2 aromatic carbocycles. The third-order valence-corrected chi connectivity index (χ3v) is 3.55. The normalized spacial score (nSPS) is 11.0. The van der Waals surface area contributed by atoms with Crippen LogP contribution in [-0.2, 0) is 9.59 Å². The van der Waals surface area contributed by atoms with E-state index in [-0.39, 0.29) is 24.7 Å². The van der Waals surface area contributed by atoms with Crippen LogP contribution in [0.25, 0.3) is 0 Å². The number of hydrazone groups is 1. The van der Waals surface area contributed by atoms with E-state index in [1.54, 1.807) is 12.1 Å². The molecule has 0 aliphatic rings. The van der Waals surface area contributed by atoms with Crippen LogP contribution in [0, 0.1) is 0 Å². The summed E-state index contributed by atoms with van der Waals surface area (Å²) >= 11 is 0. The van der Waals surface area contributed by atoms with Crippen molar-refractivity contribution < 1.29 is 9.59 Å². The van der Waals surface area contributed by atoms with Crippen molar-refractivity contribution >= 4 is 23.2 Å². The SMILES string of the molecule is CCC/C(=N/NC(=O)CCC(=O)Nc1ccccc1)c1ccccc1. The minimum absolute atomic E-state index is 0.0936. The van der Waals surface area contributed by atoms with Gasteiger partial charge in [-0.2, -0.15) is 5.10 Å². The van der Waals surface area contributed by atoms with E-state index in [1.807, 2.05) is 48.5 Å². The third-order valence-electron chi connectivity index (χ3n) is 3.55. The highest BCUT2D eigenvalue weighted by Gasteiger charge is 2.08. The van der Waals surface area contributed by atoms with E-state index in [2.05, 4.69) is 22.8 Å². The summed E-state index contributed by atoms with van der Waals surface area (Å²) in [6, 6.07) is 18.9. The van der Waals surface area contributed by atoms with E-state index < -0.39 is 0 Å². The van der Waals surface area contributed by atoms with Crippen LogP contribution in [0.2, 0.25) is 0 Å². The van der Waals surface area contributed by atoms with Crippen molar-refractivity contribution in [3.8, 4) is 0 Å². The van der Waals surface area contributed by atoms with Crippen LogP contribution >= 0.6 is 0 Å². The van der Waals surface area contributed by atoms with E-state index in [0.717, 1.165) is 29.8 Å². The van der Waals surface area contributed by atoms with Gasteiger partial charge in [0, 0.05) is 18.5 Å². The number of hydrogen-bond acceptors (Lipinski definition) is 3. The summed E-state index contributed by atoms with van der Waals surface area (Å²) in [7, 11) is 0. The fourth-order valence-corrected chi connectivity index (χ4v) is 2.29. The molecule has 0 saturated heterocycles. The number of amides is 2. The molecule has 25 heavy (non-hydrogen) atoms. The lowest BCUT2D eigenvalue weighted by molar-refractivity contribution is -0.124. The van der Waals surface area contributed by atoms with Gasteiger partial charge in [-0.25, -0.2) is 5.43 Å². The molecule has 5 nitrogen and oxygen atoms in total. The Bertz CT molecular complexity index is 712. The Labute approximate surface area is 148 Å². The summed E-state index contributed by atoms with van der Waals surface area (Å²) in [5, 5.41) is 6.98. The lowest BCUT2D eigenvalue weighted by Crippen LogP contribution is -2.22. The molecule has 2 N–H and O–H groups in total. The van der Waals surface area contributed by atoms with Crippen molar-refractivity contribution in [1.82, 2.24) is 5.43 Å². The molecule has 0 aliphatic heterocycles. The standard InChI is InChI=1S/C20H23N3O2/c1-2-9-18(16-10-5-3-6-11-16)22-23-20(25)15-14-19(24)21-17-12-7-4-8-13-17/h3-8,10-13H,2,9,14-15H2,1H3,(H,21,24)(H,23,25)/b22-18-. The first-order valence-corrected chi connectivity index (χ1v) is 8.44. The van der Waals surface area contributed by atoms with Crippen molar-refractivity contribution in [1.29, 1.82) is 0 Å². The summed E-state index contributed by atoms with van der Waals surface area (Å²) in [6.45, 7) is 2.06. The predicted molar refractivity (Wildman–Crippen MR) is 100 cm³/mol. The number of carbonyl (C=O) groups excluding carboxylic acids is 2. The van der Waals surface area contributed by atoms with Gasteiger partial charge in [0.1, 0.15) is 0 Å². The fourth-order valence-electron chi connectivity index (χ4n) is 2.29. The maximum absolute atomic E-state index is 11.9. The molecule has 0 spiro atoms. The Kier molecular flexibility index (Phi) is 7.38. The predicted octanol–water partition coefficient (Wildman–Crippen LogP) is 3.73. The van der Waals surface area contributed by atoms with Gasteiger partial charge in [0.15, 0.2) is 0 Å². The highest BCUT2D eigenvalue weighted by Crippen LogP contribution is 2.07. The number of nitrogens with one attached hydrogen (secondary N) is 2. The zero-order valence-electron chi connectivity index (χ0n) is 14.4. The number of carbonyl (C=O) groups is 2. The van der Waals surface area contributed by atoms with Crippen molar-refractivity contribution in [2.24, 2.45) is 5.10 Å². The monoisotopic (exact) mass is 337 g/mol. The zero-order valence-corrected chi connectivity index (χ0v) is 14.4. The van der Waals surface area contributed by atoms with Crippen molar-refractivity contribution in [3.05, 3.63) is 66.2 Å². The summed E-state index contributed by atoms with van der Waals surface area (Å²) in [5.74, 6) is -0.463. The maximum atomic E-state index is 11.9. The van der Waals surface area contributed by atoms with Crippen molar-refractivity contribution in [2.45, 2.75) is 32.6 Å². The Morgan fingerprint density at radius 3 is 2.08 bits per heavy atom. The highest BCUT2D eigenvalue weighted by atomic mass is 16.2. The van der Waals surface area contributed by atoms with E-state index in [9.17, 15) is 9.59 Å². The van der Waals surface area contributed by atoms with Crippen molar-refractivity contribution in [3.63, 3.8) is 0 Å². The molecule has 0 saturated carbocycles. The third kappa shape index (κ3) is 6.59. The van der Waals surface area contributed by atoms with Crippen LogP contribution in [0.5, 0.6) is 0 Å². The lowest BCUT2D eigenvalue weighted by atomic mass is 10.1. The second kappa shape index (κ2) is 10.0. The van der Waals surface area contributed by atoms with Gasteiger partial charge in [-0.05, 0) is 24.1 Å². The Morgan fingerprint density at radius 1 is 0.840 bits per heavy atom. The quantitative estimate of drug-likeness (QED) is 0.569. The molecule has 0 fully saturated rings. The minimum atomic E-state index is -0.271. The van der Waals surface area contributed by atoms with Gasteiger partial charge in [0.25, 0.3) is 0 Å². The van der Waals surface area contributed by atoms with E-state index in [4.69, 9.17) is 0 Å². The van der Waals surface area contributed by atoms with Crippen LogP contribution in [-0.4, -0.2) is 17.5 Å². The van der Waals surface area contributed by atoms with Gasteiger partial charge < -0.3 is 5.32 Å². The van der Waals surface area contributed by atoms with Gasteiger partial charge in [0.2, 0.25) is 11.8 Å². The molecule has 0 aromatic heterocycles. The Hall–Kier alpha value is -2.95. The largest absolute Gasteiger partial charge is 0.326 e. The molecule has 0 aliphatic carbocycles. The van der Waals surface area contributed by atoms with Gasteiger partial charge >= 0.3 is 0 Å². The summed E-state index contributed by atoms with van der Waals surface area (Å²) in [4.78, 5) is 23.8. The van der Waals surface area contributed by atoms with Crippen LogP contribution in [0.4, 0.5) is 5.69 Å². The van der Waals surface area contributed by atoms with E-state index >= 15 is 0 Å². The van der Waals surface area contributed by atoms with Crippen LogP contribution in [0.15, 0.2) is 65.8 Å². The topological polar surface area (TPSA) is 70.6 Å². The number of anilines is 1. The number of benzene rings is 2. The maximum Gasteiger partial charge on any atom is 0.240 e. The first kappa shape index (κ1) is 18.4. The average molecular weight is 337 g/mol. The minimum Gasteiger partial charge on any atom is -0.326 e. The second-order valence-electron chi connectivity index (χ2n) is 5.62. The number of rotatable bonds is 8. The summed E-state index contributed by atoms with van der Waals surface area (Å²) < 4.78 is 0. The summed E-state index contributed by atoms with van der Waals surface area (Å²) in [6.07, 6.45) is 1.92. The first-order valence-electron chi connectivity index (χ1n) is 8.44. The lowest BCUT2D eigenvalue weighted by Gasteiger charge is -2.07. The van der Waals surface area contributed by atoms with Crippen LogP contribution in [0.3, 0.4) is 0 Å².